The van der Waals surface area contributed by atoms with Gasteiger partial charge in [-0.3, -0.25) is 0 Å². The van der Waals surface area contributed by atoms with Gasteiger partial charge in [0, 0.05) is 5.41 Å². The standard InChI is InChI=1S/C26H30/c1-2-6-19(7-3-1)23-10-4-8-20-15-21-9-5-13-26(25(21)16-24(20)23)17-18-11-12-22(26)14-18/h4,8,10-12,15-16,18-19,22H,1-3,5-7,9,13-14,17H2. The number of fused-ring (bicyclic) bond motifs is 6. The van der Waals surface area contributed by atoms with Crippen LogP contribution in [0.15, 0.2) is 42.5 Å². The zero-order chi connectivity index (χ0) is 17.1. The Balaban J connectivity index is 1.53. The molecule has 3 atom stereocenters. The van der Waals surface area contributed by atoms with Crippen LogP contribution in [0.2, 0.25) is 0 Å². The molecule has 2 bridgehead atoms. The number of benzene rings is 2. The molecule has 0 heteroatoms. The summed E-state index contributed by atoms with van der Waals surface area (Å²) in [4.78, 5) is 0. The van der Waals surface area contributed by atoms with Crippen molar-refractivity contribution in [2.24, 2.45) is 11.8 Å². The lowest BCUT2D eigenvalue weighted by molar-refractivity contribution is 0.304. The second-order valence-corrected chi connectivity index (χ2v) is 9.61. The van der Waals surface area contributed by atoms with Crippen molar-refractivity contribution in [2.75, 3.05) is 0 Å². The van der Waals surface area contributed by atoms with Crippen LogP contribution in [0.25, 0.3) is 10.8 Å². The smallest absolute Gasteiger partial charge is 0.00246 e. The molecule has 0 N–H and O–H groups in total. The molecule has 4 aliphatic carbocycles. The number of allylic oxidation sites excluding steroid dienone is 2. The summed E-state index contributed by atoms with van der Waals surface area (Å²) in [5, 5.41) is 3.09. The summed E-state index contributed by atoms with van der Waals surface area (Å²) >= 11 is 0. The molecule has 2 aromatic carbocycles. The first-order chi connectivity index (χ1) is 12.8. The van der Waals surface area contributed by atoms with Crippen LogP contribution >= 0.6 is 0 Å². The average Bonchev–Trinajstić information content (AvgIpc) is 3.29. The Labute approximate surface area is 157 Å². The molecular formula is C26H30. The average molecular weight is 343 g/mol. The van der Waals surface area contributed by atoms with Gasteiger partial charge in [-0.1, -0.05) is 61.7 Å². The Morgan fingerprint density at radius 3 is 2.65 bits per heavy atom. The number of aryl methyl sites for hydroxylation is 1. The maximum atomic E-state index is 2.68. The van der Waals surface area contributed by atoms with Gasteiger partial charge in [0.1, 0.15) is 0 Å². The minimum absolute atomic E-state index is 0.473. The fourth-order valence-electron chi connectivity index (χ4n) is 7.12. The van der Waals surface area contributed by atoms with Crippen LogP contribution in [0.5, 0.6) is 0 Å². The van der Waals surface area contributed by atoms with Crippen LogP contribution in [0.1, 0.15) is 80.4 Å². The normalized spacial score (nSPS) is 33.2. The third-order valence-corrected chi connectivity index (χ3v) is 8.30. The largest absolute Gasteiger partial charge is 0.0851 e. The van der Waals surface area contributed by atoms with E-state index in [4.69, 9.17) is 0 Å². The van der Waals surface area contributed by atoms with Gasteiger partial charge in [0.2, 0.25) is 0 Å². The van der Waals surface area contributed by atoms with Crippen LogP contribution in [0, 0.1) is 11.8 Å². The van der Waals surface area contributed by atoms with Crippen molar-refractivity contribution in [3.63, 3.8) is 0 Å². The van der Waals surface area contributed by atoms with Crippen LogP contribution in [-0.4, -0.2) is 0 Å². The first kappa shape index (κ1) is 15.5. The van der Waals surface area contributed by atoms with Gasteiger partial charge in [-0.15, -0.1) is 0 Å². The summed E-state index contributed by atoms with van der Waals surface area (Å²) in [6, 6.07) is 12.4. The Morgan fingerprint density at radius 2 is 1.85 bits per heavy atom. The summed E-state index contributed by atoms with van der Waals surface area (Å²) < 4.78 is 0. The first-order valence-electron chi connectivity index (χ1n) is 11.1. The van der Waals surface area contributed by atoms with E-state index in [2.05, 4.69) is 42.5 Å². The molecule has 4 aliphatic rings. The van der Waals surface area contributed by atoms with Crippen LogP contribution in [-0.2, 0) is 11.8 Å². The number of hydrogen-bond acceptors (Lipinski definition) is 0. The Hall–Kier alpha value is -1.56. The van der Waals surface area contributed by atoms with E-state index in [0.717, 1.165) is 17.8 Å². The SMILES string of the molecule is C1=CC2CC1CC21CCCc2cc3cccc(C4CCCCC4)c3cc21. The van der Waals surface area contributed by atoms with Gasteiger partial charge in [0.25, 0.3) is 0 Å². The molecule has 0 aliphatic heterocycles. The summed E-state index contributed by atoms with van der Waals surface area (Å²) in [5.74, 6) is 2.46. The summed E-state index contributed by atoms with van der Waals surface area (Å²) in [6.45, 7) is 0. The zero-order valence-electron chi connectivity index (χ0n) is 15.8. The van der Waals surface area contributed by atoms with Crippen molar-refractivity contribution >= 4 is 10.8 Å². The molecule has 2 saturated carbocycles. The minimum atomic E-state index is 0.473. The number of hydrogen-bond donors (Lipinski definition) is 0. The Bertz CT molecular complexity index is 882. The summed E-state index contributed by atoms with van der Waals surface area (Å²) in [5.41, 5.74) is 5.55. The molecule has 134 valence electrons. The molecule has 0 nitrogen and oxygen atoms in total. The van der Waals surface area contributed by atoms with Crippen molar-refractivity contribution in [3.8, 4) is 0 Å². The van der Waals surface area contributed by atoms with Crippen LogP contribution in [0.4, 0.5) is 0 Å². The molecule has 1 spiro atoms. The fraction of sp³-hybridized carbons (Fsp3) is 0.538. The molecule has 0 saturated heterocycles. The van der Waals surface area contributed by atoms with Gasteiger partial charge in [-0.2, -0.15) is 0 Å². The topological polar surface area (TPSA) is 0 Å². The fourth-order valence-corrected chi connectivity index (χ4v) is 7.12. The summed E-state index contributed by atoms with van der Waals surface area (Å²) in [7, 11) is 0. The quantitative estimate of drug-likeness (QED) is 0.487. The first-order valence-corrected chi connectivity index (χ1v) is 11.1. The molecule has 0 amide bonds. The lowest BCUT2D eigenvalue weighted by Gasteiger charge is -2.41. The predicted molar refractivity (Wildman–Crippen MR) is 110 cm³/mol. The zero-order valence-corrected chi connectivity index (χ0v) is 15.8. The van der Waals surface area contributed by atoms with E-state index in [-0.39, 0.29) is 0 Å². The number of rotatable bonds is 1. The van der Waals surface area contributed by atoms with Gasteiger partial charge in [0.15, 0.2) is 0 Å². The second-order valence-electron chi connectivity index (χ2n) is 9.61. The molecule has 2 aromatic rings. The van der Waals surface area contributed by atoms with Gasteiger partial charge < -0.3 is 0 Å². The predicted octanol–water partition coefficient (Wildman–Crippen LogP) is 7.06. The van der Waals surface area contributed by atoms with Crippen molar-refractivity contribution < 1.29 is 0 Å². The van der Waals surface area contributed by atoms with E-state index in [1.165, 1.54) is 69.6 Å². The third-order valence-electron chi connectivity index (χ3n) is 8.30. The highest BCUT2D eigenvalue weighted by Crippen LogP contribution is 2.58. The molecule has 2 fully saturated rings. The molecule has 26 heavy (non-hydrogen) atoms. The summed E-state index contributed by atoms with van der Waals surface area (Å²) in [6.07, 6.45) is 19.1. The Morgan fingerprint density at radius 1 is 0.923 bits per heavy atom. The highest BCUT2D eigenvalue weighted by atomic mass is 14.5. The molecule has 6 rings (SSSR count). The van der Waals surface area contributed by atoms with Gasteiger partial charge >= 0.3 is 0 Å². The highest BCUT2D eigenvalue weighted by Gasteiger charge is 2.50. The van der Waals surface area contributed by atoms with E-state index in [9.17, 15) is 0 Å². The van der Waals surface area contributed by atoms with E-state index in [1.807, 2.05) is 0 Å². The van der Waals surface area contributed by atoms with Gasteiger partial charge in [0.05, 0.1) is 0 Å². The van der Waals surface area contributed by atoms with E-state index < -0.39 is 0 Å². The second kappa shape index (κ2) is 5.72. The van der Waals surface area contributed by atoms with Crippen molar-refractivity contribution in [1.29, 1.82) is 0 Å². The molecule has 0 aromatic heterocycles. The third kappa shape index (κ3) is 2.14. The monoisotopic (exact) mass is 342 g/mol. The van der Waals surface area contributed by atoms with E-state index >= 15 is 0 Å². The van der Waals surface area contributed by atoms with Crippen LogP contribution < -0.4 is 0 Å². The van der Waals surface area contributed by atoms with Gasteiger partial charge in [-0.25, -0.2) is 0 Å². The molecule has 0 radical (unpaired) electrons. The van der Waals surface area contributed by atoms with Crippen molar-refractivity contribution in [2.45, 2.75) is 75.5 Å². The Kier molecular flexibility index (Phi) is 3.41. The highest BCUT2D eigenvalue weighted by molar-refractivity contribution is 5.88. The maximum Gasteiger partial charge on any atom is 0.00246 e. The van der Waals surface area contributed by atoms with Crippen LogP contribution in [0.3, 0.4) is 0 Å². The van der Waals surface area contributed by atoms with Crippen molar-refractivity contribution in [3.05, 3.63) is 59.2 Å². The lowest BCUT2D eigenvalue weighted by atomic mass is 9.62. The van der Waals surface area contributed by atoms with E-state index in [1.54, 1.807) is 22.1 Å². The molecular weight excluding hydrogens is 312 g/mol. The maximum absolute atomic E-state index is 2.68. The van der Waals surface area contributed by atoms with E-state index in [0.29, 0.717) is 5.41 Å². The minimum Gasteiger partial charge on any atom is -0.0851 e. The van der Waals surface area contributed by atoms with Gasteiger partial charge in [-0.05, 0) is 90.2 Å². The lowest BCUT2D eigenvalue weighted by Crippen LogP contribution is -2.35. The molecule has 3 unspecified atom stereocenters. The molecule has 0 heterocycles. The van der Waals surface area contributed by atoms with Crippen molar-refractivity contribution in [1.82, 2.24) is 0 Å².